The van der Waals surface area contributed by atoms with Crippen LogP contribution in [0.2, 0.25) is 0 Å². The molecule has 1 aromatic rings. The summed E-state index contributed by atoms with van der Waals surface area (Å²) < 4.78 is 27.1. The predicted octanol–water partition coefficient (Wildman–Crippen LogP) is 1.26. The molecule has 0 bridgehead atoms. The molecule has 0 aliphatic carbocycles. The van der Waals surface area contributed by atoms with Crippen LogP contribution in [0.3, 0.4) is 0 Å². The zero-order valence-corrected chi connectivity index (χ0v) is 13.2. The van der Waals surface area contributed by atoms with Crippen LogP contribution >= 0.6 is 0 Å². The SMILES string of the molecule is CCNC(C)C1CCCCN1S(=O)(=O)c1cnc(C)[nH]1. The zero-order chi connectivity index (χ0) is 14.8. The second-order valence-corrected chi connectivity index (χ2v) is 7.22. The van der Waals surface area contributed by atoms with Crippen molar-refractivity contribution in [3.05, 3.63) is 12.0 Å². The van der Waals surface area contributed by atoms with Gasteiger partial charge in [-0.15, -0.1) is 0 Å². The molecule has 1 fully saturated rings. The van der Waals surface area contributed by atoms with Crippen molar-refractivity contribution in [2.75, 3.05) is 13.1 Å². The van der Waals surface area contributed by atoms with Gasteiger partial charge in [0.05, 0.1) is 6.20 Å². The standard InChI is InChI=1S/C13H24N4O2S/c1-4-14-10(2)12-7-5-6-8-17(12)20(18,19)13-9-15-11(3)16-13/h9-10,12,14H,4-8H2,1-3H3,(H,15,16). The Morgan fingerprint density at radius 3 is 2.90 bits per heavy atom. The first-order valence-corrected chi connectivity index (χ1v) is 8.67. The minimum atomic E-state index is -3.48. The van der Waals surface area contributed by atoms with Crippen LogP contribution in [-0.4, -0.2) is 47.9 Å². The molecule has 2 atom stereocenters. The lowest BCUT2D eigenvalue weighted by Gasteiger charge is -2.38. The number of sulfonamides is 1. The first-order chi connectivity index (χ1) is 9.46. The van der Waals surface area contributed by atoms with Crippen LogP contribution in [-0.2, 0) is 10.0 Å². The molecule has 1 saturated heterocycles. The number of aromatic amines is 1. The third-order valence-corrected chi connectivity index (χ3v) is 5.70. The first kappa shape index (κ1) is 15.5. The van der Waals surface area contributed by atoms with Gasteiger partial charge in [-0.3, -0.25) is 0 Å². The molecule has 2 heterocycles. The maximum absolute atomic E-state index is 12.7. The molecule has 1 aliphatic rings. The fourth-order valence-corrected chi connectivity index (χ4v) is 4.57. The molecule has 0 radical (unpaired) electrons. The van der Waals surface area contributed by atoms with E-state index in [-0.39, 0.29) is 17.1 Å². The minimum Gasteiger partial charge on any atom is -0.332 e. The lowest BCUT2D eigenvalue weighted by Crippen LogP contribution is -2.53. The van der Waals surface area contributed by atoms with Gasteiger partial charge < -0.3 is 10.3 Å². The lowest BCUT2D eigenvalue weighted by molar-refractivity contribution is 0.209. The molecule has 2 N–H and O–H groups in total. The summed E-state index contributed by atoms with van der Waals surface area (Å²) in [7, 11) is -3.48. The monoisotopic (exact) mass is 300 g/mol. The Hall–Kier alpha value is -0.920. The predicted molar refractivity (Wildman–Crippen MR) is 78.0 cm³/mol. The number of hydrogen-bond acceptors (Lipinski definition) is 4. The number of nitrogens with zero attached hydrogens (tertiary/aromatic N) is 2. The van der Waals surface area contributed by atoms with E-state index in [0.717, 1.165) is 25.8 Å². The van der Waals surface area contributed by atoms with Crippen molar-refractivity contribution < 1.29 is 8.42 Å². The molecule has 2 unspecified atom stereocenters. The van der Waals surface area contributed by atoms with Gasteiger partial charge in [0.1, 0.15) is 5.82 Å². The zero-order valence-electron chi connectivity index (χ0n) is 12.4. The minimum absolute atomic E-state index is 0.0114. The van der Waals surface area contributed by atoms with E-state index in [0.29, 0.717) is 12.4 Å². The van der Waals surface area contributed by atoms with Crippen molar-refractivity contribution in [1.29, 1.82) is 0 Å². The van der Waals surface area contributed by atoms with Crippen LogP contribution in [0.25, 0.3) is 0 Å². The average Bonchev–Trinajstić information content (AvgIpc) is 2.86. The number of piperidine rings is 1. The smallest absolute Gasteiger partial charge is 0.260 e. The van der Waals surface area contributed by atoms with Crippen LogP contribution in [0.1, 0.15) is 38.9 Å². The van der Waals surface area contributed by atoms with Crippen LogP contribution in [0, 0.1) is 6.92 Å². The number of rotatable bonds is 5. The number of likely N-dealkylation sites (N-methyl/N-ethyl adjacent to an activating group) is 1. The molecule has 114 valence electrons. The number of hydrogen-bond donors (Lipinski definition) is 2. The van der Waals surface area contributed by atoms with Gasteiger partial charge in [-0.05, 0) is 33.2 Å². The van der Waals surface area contributed by atoms with E-state index in [4.69, 9.17) is 0 Å². The van der Waals surface area contributed by atoms with E-state index in [1.807, 2.05) is 6.92 Å². The van der Waals surface area contributed by atoms with Crippen LogP contribution in [0.5, 0.6) is 0 Å². The molecule has 6 nitrogen and oxygen atoms in total. The Morgan fingerprint density at radius 2 is 2.30 bits per heavy atom. The van der Waals surface area contributed by atoms with Crippen molar-refractivity contribution >= 4 is 10.0 Å². The van der Waals surface area contributed by atoms with Gasteiger partial charge in [-0.1, -0.05) is 13.3 Å². The van der Waals surface area contributed by atoms with Gasteiger partial charge in [-0.2, -0.15) is 4.31 Å². The molecule has 1 aliphatic heterocycles. The number of aryl methyl sites for hydroxylation is 1. The molecule has 0 amide bonds. The molecule has 0 aromatic carbocycles. The summed E-state index contributed by atoms with van der Waals surface area (Å²) in [4.78, 5) is 6.85. The highest BCUT2D eigenvalue weighted by Gasteiger charge is 2.36. The third-order valence-electron chi connectivity index (χ3n) is 3.87. The van der Waals surface area contributed by atoms with Crippen LogP contribution in [0.15, 0.2) is 11.2 Å². The Bertz CT molecular complexity index is 540. The van der Waals surface area contributed by atoms with Crippen molar-refractivity contribution in [3.8, 4) is 0 Å². The second kappa shape index (κ2) is 6.24. The van der Waals surface area contributed by atoms with Crippen molar-refractivity contribution in [1.82, 2.24) is 19.6 Å². The highest BCUT2D eigenvalue weighted by molar-refractivity contribution is 7.89. The summed E-state index contributed by atoms with van der Waals surface area (Å²) >= 11 is 0. The molecule has 20 heavy (non-hydrogen) atoms. The van der Waals surface area contributed by atoms with Gasteiger partial charge >= 0.3 is 0 Å². The van der Waals surface area contributed by atoms with Gasteiger partial charge in [0.15, 0.2) is 5.03 Å². The molecule has 0 spiro atoms. The highest BCUT2D eigenvalue weighted by atomic mass is 32.2. The molecule has 1 aromatic heterocycles. The summed E-state index contributed by atoms with van der Waals surface area (Å²) in [5, 5.41) is 3.54. The van der Waals surface area contributed by atoms with E-state index in [1.54, 1.807) is 11.2 Å². The van der Waals surface area contributed by atoms with Gasteiger partial charge in [0.25, 0.3) is 10.0 Å². The largest absolute Gasteiger partial charge is 0.332 e. The summed E-state index contributed by atoms with van der Waals surface area (Å²) in [6, 6.07) is 0.163. The fourth-order valence-electron chi connectivity index (χ4n) is 2.84. The van der Waals surface area contributed by atoms with Crippen molar-refractivity contribution in [3.63, 3.8) is 0 Å². The number of aromatic nitrogens is 2. The van der Waals surface area contributed by atoms with E-state index in [2.05, 4.69) is 22.2 Å². The molecule has 0 saturated carbocycles. The first-order valence-electron chi connectivity index (χ1n) is 7.23. The number of nitrogens with one attached hydrogen (secondary N) is 2. The lowest BCUT2D eigenvalue weighted by atomic mass is 9.99. The second-order valence-electron chi connectivity index (χ2n) is 5.36. The Labute approximate surface area is 121 Å². The summed E-state index contributed by atoms with van der Waals surface area (Å²) in [6.07, 6.45) is 4.31. The third kappa shape index (κ3) is 3.05. The van der Waals surface area contributed by atoms with E-state index >= 15 is 0 Å². The fraction of sp³-hybridized carbons (Fsp3) is 0.769. The van der Waals surface area contributed by atoms with Crippen LogP contribution in [0.4, 0.5) is 0 Å². The van der Waals surface area contributed by atoms with E-state index in [1.165, 1.54) is 6.20 Å². The Balaban J connectivity index is 2.27. The molecule has 2 rings (SSSR count). The maximum atomic E-state index is 12.7. The molecular formula is C13H24N4O2S. The molecular weight excluding hydrogens is 276 g/mol. The summed E-state index contributed by atoms with van der Waals surface area (Å²) in [5.74, 6) is 0.622. The van der Waals surface area contributed by atoms with Gasteiger partial charge in [-0.25, -0.2) is 13.4 Å². The average molecular weight is 300 g/mol. The van der Waals surface area contributed by atoms with Gasteiger partial charge in [0.2, 0.25) is 0 Å². The van der Waals surface area contributed by atoms with E-state index in [9.17, 15) is 8.42 Å². The Morgan fingerprint density at radius 1 is 1.55 bits per heavy atom. The number of imidazole rings is 1. The van der Waals surface area contributed by atoms with E-state index < -0.39 is 10.0 Å². The molecule has 7 heteroatoms. The quantitative estimate of drug-likeness (QED) is 0.858. The summed E-state index contributed by atoms with van der Waals surface area (Å²) in [6.45, 7) is 7.28. The summed E-state index contributed by atoms with van der Waals surface area (Å²) in [5.41, 5.74) is 0. The van der Waals surface area contributed by atoms with Gasteiger partial charge in [0, 0.05) is 18.6 Å². The topological polar surface area (TPSA) is 78.1 Å². The normalized spacial score (nSPS) is 22.9. The Kier molecular flexibility index (Phi) is 4.82. The van der Waals surface area contributed by atoms with Crippen LogP contribution < -0.4 is 5.32 Å². The van der Waals surface area contributed by atoms with Crippen molar-refractivity contribution in [2.45, 2.75) is 57.1 Å². The highest BCUT2D eigenvalue weighted by Crippen LogP contribution is 2.26. The van der Waals surface area contributed by atoms with Crippen molar-refractivity contribution in [2.24, 2.45) is 0 Å². The maximum Gasteiger partial charge on any atom is 0.260 e. The number of H-pyrrole nitrogens is 1.